The lowest BCUT2D eigenvalue weighted by molar-refractivity contribution is -0.132. The Morgan fingerprint density at radius 3 is 2.86 bits per heavy atom. The molecule has 2 heterocycles. The molecule has 3 rings (SSSR count). The van der Waals surface area contributed by atoms with Crippen molar-refractivity contribution < 1.29 is 9.53 Å². The monoisotopic (exact) mass is 285 g/mol. The molecule has 1 amide bonds. The van der Waals surface area contributed by atoms with Crippen LogP contribution in [0.4, 0.5) is 0 Å². The number of hydrogen-bond acceptors (Lipinski definition) is 4. The largest absolute Gasteiger partial charge is 0.473 e. The van der Waals surface area contributed by atoms with Crippen molar-refractivity contribution in [1.29, 1.82) is 0 Å². The number of rotatable bonds is 3. The van der Waals surface area contributed by atoms with Crippen LogP contribution in [0.25, 0.3) is 10.8 Å². The van der Waals surface area contributed by atoms with Gasteiger partial charge in [0.25, 0.3) is 0 Å². The molecule has 0 N–H and O–H groups in total. The van der Waals surface area contributed by atoms with Gasteiger partial charge in [0.15, 0.2) is 0 Å². The minimum Gasteiger partial charge on any atom is -0.473 e. The minimum absolute atomic E-state index is 0.103. The molecule has 1 aliphatic rings. The summed E-state index contributed by atoms with van der Waals surface area (Å²) in [7, 11) is 0. The molecular weight excluding hydrogens is 266 g/mol. The van der Waals surface area contributed by atoms with Gasteiger partial charge in [0, 0.05) is 43.1 Å². The SMILES string of the molecule is CCC(=O)N1CCC(Oc2nncc3ccccc23)CC1. The van der Waals surface area contributed by atoms with Gasteiger partial charge in [-0.15, -0.1) is 5.10 Å². The van der Waals surface area contributed by atoms with E-state index in [1.165, 1.54) is 0 Å². The van der Waals surface area contributed by atoms with Gasteiger partial charge in [-0.05, 0) is 6.07 Å². The van der Waals surface area contributed by atoms with E-state index in [0.717, 1.165) is 36.7 Å². The average Bonchev–Trinajstić information content (AvgIpc) is 2.55. The first-order valence-corrected chi connectivity index (χ1v) is 7.43. The number of carbonyl (C=O) groups is 1. The lowest BCUT2D eigenvalue weighted by atomic mass is 10.1. The summed E-state index contributed by atoms with van der Waals surface area (Å²) in [6.45, 7) is 3.42. The topological polar surface area (TPSA) is 55.3 Å². The molecule has 1 fully saturated rings. The smallest absolute Gasteiger partial charge is 0.241 e. The Labute approximate surface area is 123 Å². The van der Waals surface area contributed by atoms with Gasteiger partial charge >= 0.3 is 0 Å². The van der Waals surface area contributed by atoms with E-state index in [1.54, 1.807) is 6.20 Å². The average molecular weight is 285 g/mol. The molecule has 0 unspecified atom stereocenters. The van der Waals surface area contributed by atoms with Crippen molar-refractivity contribution in [2.45, 2.75) is 32.3 Å². The van der Waals surface area contributed by atoms with Gasteiger partial charge in [0.05, 0.1) is 6.20 Å². The van der Waals surface area contributed by atoms with Crippen LogP contribution >= 0.6 is 0 Å². The first-order chi connectivity index (χ1) is 10.3. The van der Waals surface area contributed by atoms with E-state index in [4.69, 9.17) is 4.74 Å². The summed E-state index contributed by atoms with van der Waals surface area (Å²) >= 11 is 0. The highest BCUT2D eigenvalue weighted by molar-refractivity contribution is 5.85. The van der Waals surface area contributed by atoms with Gasteiger partial charge in [0.2, 0.25) is 11.8 Å². The highest BCUT2D eigenvalue weighted by Crippen LogP contribution is 2.24. The van der Waals surface area contributed by atoms with Gasteiger partial charge in [-0.1, -0.05) is 25.1 Å². The Morgan fingerprint density at radius 2 is 2.10 bits per heavy atom. The molecule has 0 atom stereocenters. The fourth-order valence-electron chi connectivity index (χ4n) is 2.69. The van der Waals surface area contributed by atoms with Crippen LogP contribution in [-0.4, -0.2) is 40.2 Å². The Kier molecular flexibility index (Phi) is 3.99. The van der Waals surface area contributed by atoms with Crippen molar-refractivity contribution >= 4 is 16.7 Å². The van der Waals surface area contributed by atoms with Crippen LogP contribution < -0.4 is 4.74 Å². The number of hydrogen-bond donors (Lipinski definition) is 0. The van der Waals surface area contributed by atoms with E-state index in [2.05, 4.69) is 10.2 Å². The van der Waals surface area contributed by atoms with E-state index >= 15 is 0 Å². The molecule has 21 heavy (non-hydrogen) atoms. The van der Waals surface area contributed by atoms with E-state index in [-0.39, 0.29) is 12.0 Å². The Bertz CT molecular complexity index is 631. The van der Waals surface area contributed by atoms with Crippen molar-refractivity contribution in [3.05, 3.63) is 30.5 Å². The molecule has 0 spiro atoms. The zero-order chi connectivity index (χ0) is 14.7. The summed E-state index contributed by atoms with van der Waals surface area (Å²) in [6.07, 6.45) is 4.10. The standard InChI is InChI=1S/C16H19N3O2/c1-2-15(20)19-9-7-13(8-10-19)21-16-14-6-4-3-5-12(14)11-17-18-16/h3-6,11,13H,2,7-10H2,1H3. The second kappa shape index (κ2) is 6.08. The van der Waals surface area contributed by atoms with Crippen molar-refractivity contribution in [1.82, 2.24) is 15.1 Å². The Morgan fingerprint density at radius 1 is 1.33 bits per heavy atom. The first-order valence-electron chi connectivity index (χ1n) is 7.43. The molecule has 2 aromatic rings. The van der Waals surface area contributed by atoms with Crippen LogP contribution in [0.3, 0.4) is 0 Å². The minimum atomic E-state index is 0.103. The maximum absolute atomic E-state index is 11.7. The molecule has 1 aromatic heterocycles. The number of amides is 1. The molecule has 0 aliphatic carbocycles. The highest BCUT2D eigenvalue weighted by Gasteiger charge is 2.23. The molecule has 110 valence electrons. The highest BCUT2D eigenvalue weighted by atomic mass is 16.5. The third-order valence-electron chi connectivity index (χ3n) is 3.91. The van der Waals surface area contributed by atoms with Crippen molar-refractivity contribution in [3.63, 3.8) is 0 Å². The van der Waals surface area contributed by atoms with Crippen LogP contribution in [-0.2, 0) is 4.79 Å². The maximum atomic E-state index is 11.7. The summed E-state index contributed by atoms with van der Waals surface area (Å²) in [5, 5.41) is 10.1. The molecule has 0 bridgehead atoms. The molecule has 5 nitrogen and oxygen atoms in total. The van der Waals surface area contributed by atoms with Crippen LogP contribution in [0, 0.1) is 0 Å². The lowest BCUT2D eigenvalue weighted by Gasteiger charge is -2.31. The third-order valence-corrected chi connectivity index (χ3v) is 3.91. The van der Waals surface area contributed by atoms with Gasteiger partial charge in [-0.2, -0.15) is 5.10 Å². The van der Waals surface area contributed by atoms with Gasteiger partial charge < -0.3 is 9.64 Å². The molecular formula is C16H19N3O2. The molecule has 1 saturated heterocycles. The quantitative estimate of drug-likeness (QED) is 0.869. The fraction of sp³-hybridized carbons (Fsp3) is 0.438. The van der Waals surface area contributed by atoms with E-state index in [1.807, 2.05) is 36.1 Å². The summed E-state index contributed by atoms with van der Waals surface area (Å²) < 4.78 is 6.02. The molecule has 5 heteroatoms. The fourth-order valence-corrected chi connectivity index (χ4v) is 2.69. The number of ether oxygens (including phenoxy) is 1. The maximum Gasteiger partial charge on any atom is 0.241 e. The van der Waals surface area contributed by atoms with Crippen molar-refractivity contribution in [3.8, 4) is 5.88 Å². The number of nitrogens with zero attached hydrogens (tertiary/aromatic N) is 3. The Balaban J connectivity index is 1.69. The predicted molar refractivity (Wildman–Crippen MR) is 80.1 cm³/mol. The zero-order valence-corrected chi connectivity index (χ0v) is 12.2. The lowest BCUT2D eigenvalue weighted by Crippen LogP contribution is -2.41. The van der Waals surface area contributed by atoms with Gasteiger partial charge in [-0.3, -0.25) is 4.79 Å². The van der Waals surface area contributed by atoms with Crippen LogP contribution in [0.15, 0.2) is 30.5 Å². The summed E-state index contributed by atoms with van der Waals surface area (Å²) in [4.78, 5) is 13.6. The molecule has 1 aliphatic heterocycles. The van der Waals surface area contributed by atoms with Crippen LogP contribution in [0.2, 0.25) is 0 Å². The summed E-state index contributed by atoms with van der Waals surface area (Å²) in [6, 6.07) is 7.94. The van der Waals surface area contributed by atoms with E-state index in [0.29, 0.717) is 12.3 Å². The summed E-state index contributed by atoms with van der Waals surface area (Å²) in [5.74, 6) is 0.812. The van der Waals surface area contributed by atoms with Crippen molar-refractivity contribution in [2.75, 3.05) is 13.1 Å². The summed E-state index contributed by atoms with van der Waals surface area (Å²) in [5.41, 5.74) is 0. The second-order valence-electron chi connectivity index (χ2n) is 5.29. The normalized spacial score (nSPS) is 16.1. The Hall–Kier alpha value is -2.17. The van der Waals surface area contributed by atoms with E-state index in [9.17, 15) is 4.79 Å². The van der Waals surface area contributed by atoms with Crippen molar-refractivity contribution in [2.24, 2.45) is 0 Å². The molecule has 1 aromatic carbocycles. The predicted octanol–water partition coefficient (Wildman–Crippen LogP) is 2.41. The number of fused-ring (bicyclic) bond motifs is 1. The van der Waals surface area contributed by atoms with E-state index < -0.39 is 0 Å². The number of likely N-dealkylation sites (tertiary alicyclic amines) is 1. The molecule has 0 radical (unpaired) electrons. The number of piperidine rings is 1. The second-order valence-corrected chi connectivity index (χ2v) is 5.29. The number of carbonyl (C=O) groups excluding carboxylic acids is 1. The van der Waals surface area contributed by atoms with Crippen LogP contribution in [0.5, 0.6) is 5.88 Å². The number of benzene rings is 1. The third kappa shape index (κ3) is 2.96. The number of aromatic nitrogens is 2. The zero-order valence-electron chi connectivity index (χ0n) is 12.2. The molecule has 0 saturated carbocycles. The van der Waals surface area contributed by atoms with Crippen LogP contribution in [0.1, 0.15) is 26.2 Å². The van der Waals surface area contributed by atoms with Gasteiger partial charge in [-0.25, -0.2) is 0 Å². The van der Waals surface area contributed by atoms with Gasteiger partial charge in [0.1, 0.15) is 6.10 Å². The first kappa shape index (κ1) is 13.8.